The number of carbonyl (C=O) groups excluding carboxylic acids is 1. The minimum absolute atomic E-state index is 0.161. The van der Waals surface area contributed by atoms with Crippen LogP contribution >= 0.6 is 0 Å². The Labute approximate surface area is 118 Å². The van der Waals surface area contributed by atoms with Gasteiger partial charge in [-0.2, -0.15) is 0 Å². The molecular weight excluding hydrogens is 254 g/mol. The van der Waals surface area contributed by atoms with Gasteiger partial charge in [-0.1, -0.05) is 17.7 Å². The average Bonchev–Trinajstić information content (AvgIpc) is 2.92. The molecule has 0 aliphatic carbocycles. The number of carbonyl (C=O) groups is 1. The number of nitrogens with zero attached hydrogens (tertiary/aromatic N) is 1. The number of benzene rings is 1. The zero-order valence-corrected chi connectivity index (χ0v) is 11.9. The van der Waals surface area contributed by atoms with E-state index < -0.39 is 0 Å². The molecule has 20 heavy (non-hydrogen) atoms. The van der Waals surface area contributed by atoms with Crippen LogP contribution in [0.1, 0.15) is 30.5 Å². The van der Waals surface area contributed by atoms with Crippen molar-refractivity contribution >= 4 is 5.97 Å². The van der Waals surface area contributed by atoms with Crippen LogP contribution < -0.4 is 0 Å². The monoisotopic (exact) mass is 273 g/mol. The van der Waals surface area contributed by atoms with Crippen molar-refractivity contribution in [3.63, 3.8) is 0 Å². The Kier molecular flexibility index (Phi) is 4.93. The number of aryl methyl sites for hydroxylation is 2. The molecule has 1 aromatic carbocycles. The van der Waals surface area contributed by atoms with Gasteiger partial charge in [0.25, 0.3) is 0 Å². The van der Waals surface area contributed by atoms with Crippen LogP contribution in [0.15, 0.2) is 34.9 Å². The highest BCUT2D eigenvalue weighted by molar-refractivity contribution is 5.68. The van der Waals surface area contributed by atoms with Crippen LogP contribution in [-0.2, 0) is 16.0 Å². The third-order valence-corrected chi connectivity index (χ3v) is 3.11. The minimum Gasteiger partial charge on any atom is -0.469 e. The lowest BCUT2D eigenvalue weighted by Crippen LogP contribution is -1.99. The van der Waals surface area contributed by atoms with Crippen molar-refractivity contribution in [2.75, 3.05) is 7.11 Å². The van der Waals surface area contributed by atoms with Crippen molar-refractivity contribution in [3.05, 3.63) is 41.8 Å². The number of ether oxygens (including phenoxy) is 1. The Morgan fingerprint density at radius 1 is 1.35 bits per heavy atom. The fraction of sp³-hybridized carbons (Fsp3) is 0.375. The lowest BCUT2D eigenvalue weighted by molar-refractivity contribution is -0.140. The summed E-state index contributed by atoms with van der Waals surface area (Å²) in [6.45, 7) is 2.04. The molecule has 2 rings (SSSR count). The van der Waals surface area contributed by atoms with Crippen LogP contribution in [0.5, 0.6) is 0 Å². The number of hydrogen-bond donors (Lipinski definition) is 0. The number of oxazole rings is 1. The molecule has 0 fully saturated rings. The fourth-order valence-electron chi connectivity index (χ4n) is 2.01. The van der Waals surface area contributed by atoms with E-state index in [0.29, 0.717) is 12.3 Å². The Balaban J connectivity index is 1.88. The van der Waals surface area contributed by atoms with Crippen molar-refractivity contribution in [2.45, 2.75) is 32.6 Å². The van der Waals surface area contributed by atoms with Gasteiger partial charge in [-0.25, -0.2) is 4.98 Å². The van der Waals surface area contributed by atoms with Gasteiger partial charge in [0, 0.05) is 12.0 Å². The Morgan fingerprint density at radius 3 is 2.95 bits per heavy atom. The number of unbranched alkanes of at least 4 members (excludes halogenated alkanes) is 1. The van der Waals surface area contributed by atoms with Gasteiger partial charge in [0.15, 0.2) is 0 Å². The first-order valence-corrected chi connectivity index (χ1v) is 6.77. The summed E-state index contributed by atoms with van der Waals surface area (Å²) in [4.78, 5) is 15.5. The van der Waals surface area contributed by atoms with E-state index in [2.05, 4.69) is 9.72 Å². The van der Waals surface area contributed by atoms with E-state index in [9.17, 15) is 4.79 Å². The molecule has 0 saturated heterocycles. The zero-order chi connectivity index (χ0) is 14.4. The van der Waals surface area contributed by atoms with Crippen LogP contribution in [0.2, 0.25) is 0 Å². The molecule has 1 heterocycles. The Bertz CT molecular complexity index is 575. The van der Waals surface area contributed by atoms with Crippen molar-refractivity contribution in [2.24, 2.45) is 0 Å². The smallest absolute Gasteiger partial charge is 0.305 e. The quantitative estimate of drug-likeness (QED) is 0.596. The van der Waals surface area contributed by atoms with E-state index in [4.69, 9.17) is 4.42 Å². The number of esters is 1. The van der Waals surface area contributed by atoms with Gasteiger partial charge in [-0.15, -0.1) is 0 Å². The van der Waals surface area contributed by atoms with E-state index in [-0.39, 0.29) is 5.97 Å². The predicted octanol–water partition coefficient (Wildman–Crippen LogP) is 3.54. The molecule has 0 bridgehead atoms. The maximum atomic E-state index is 11.0. The molecule has 2 aromatic rings. The molecule has 0 N–H and O–H groups in total. The molecule has 0 atom stereocenters. The van der Waals surface area contributed by atoms with Gasteiger partial charge in [0.05, 0.1) is 12.8 Å². The van der Waals surface area contributed by atoms with Crippen LogP contribution in [0.25, 0.3) is 11.5 Å². The summed E-state index contributed by atoms with van der Waals surface area (Å²) >= 11 is 0. The fourth-order valence-corrected chi connectivity index (χ4v) is 2.01. The number of rotatable bonds is 6. The van der Waals surface area contributed by atoms with Crippen molar-refractivity contribution in [1.29, 1.82) is 0 Å². The third kappa shape index (κ3) is 3.95. The number of hydrogen-bond acceptors (Lipinski definition) is 4. The summed E-state index contributed by atoms with van der Waals surface area (Å²) in [5.41, 5.74) is 3.09. The van der Waals surface area contributed by atoms with Crippen molar-refractivity contribution in [1.82, 2.24) is 4.98 Å². The van der Waals surface area contributed by atoms with E-state index in [0.717, 1.165) is 30.5 Å². The summed E-state index contributed by atoms with van der Waals surface area (Å²) in [6.07, 6.45) is 4.66. The van der Waals surface area contributed by atoms with Crippen molar-refractivity contribution < 1.29 is 13.9 Å². The van der Waals surface area contributed by atoms with Gasteiger partial charge >= 0.3 is 5.97 Å². The highest BCUT2D eigenvalue weighted by Gasteiger charge is 2.07. The Morgan fingerprint density at radius 2 is 2.20 bits per heavy atom. The van der Waals surface area contributed by atoms with Crippen LogP contribution in [0, 0.1) is 6.92 Å². The summed E-state index contributed by atoms with van der Waals surface area (Å²) < 4.78 is 10.1. The molecule has 0 aliphatic rings. The normalized spacial score (nSPS) is 10.5. The average molecular weight is 273 g/mol. The zero-order valence-electron chi connectivity index (χ0n) is 11.9. The molecule has 4 nitrogen and oxygen atoms in total. The largest absolute Gasteiger partial charge is 0.469 e. The van der Waals surface area contributed by atoms with E-state index in [1.165, 1.54) is 12.7 Å². The first-order chi connectivity index (χ1) is 9.69. The second-order valence-electron chi connectivity index (χ2n) is 4.80. The summed E-state index contributed by atoms with van der Waals surface area (Å²) in [5.74, 6) is 0.488. The van der Waals surface area contributed by atoms with Crippen LogP contribution in [-0.4, -0.2) is 18.1 Å². The lowest BCUT2D eigenvalue weighted by Gasteiger charge is -1.98. The first-order valence-electron chi connectivity index (χ1n) is 6.77. The molecule has 0 saturated carbocycles. The first kappa shape index (κ1) is 14.3. The van der Waals surface area contributed by atoms with E-state index in [1.807, 2.05) is 31.2 Å². The second kappa shape index (κ2) is 6.89. The SMILES string of the molecule is COC(=O)CCCCc1coc(-c2cccc(C)c2)n1. The maximum absolute atomic E-state index is 11.0. The highest BCUT2D eigenvalue weighted by atomic mass is 16.5. The predicted molar refractivity (Wildman–Crippen MR) is 76.2 cm³/mol. The molecule has 0 spiro atoms. The van der Waals surface area contributed by atoms with Gasteiger partial charge in [-0.3, -0.25) is 4.79 Å². The summed E-state index contributed by atoms with van der Waals surface area (Å²) in [5, 5.41) is 0. The number of methoxy groups -OCH3 is 1. The van der Waals surface area contributed by atoms with Crippen molar-refractivity contribution in [3.8, 4) is 11.5 Å². The molecule has 1 aromatic heterocycles. The molecule has 0 unspecified atom stereocenters. The van der Waals surface area contributed by atoms with E-state index in [1.54, 1.807) is 6.26 Å². The van der Waals surface area contributed by atoms with Gasteiger partial charge in [0.1, 0.15) is 6.26 Å². The molecule has 106 valence electrons. The lowest BCUT2D eigenvalue weighted by atomic mass is 10.1. The summed E-state index contributed by atoms with van der Waals surface area (Å²) in [7, 11) is 1.41. The molecule has 4 heteroatoms. The van der Waals surface area contributed by atoms with Crippen LogP contribution in [0.3, 0.4) is 0 Å². The topological polar surface area (TPSA) is 52.3 Å². The highest BCUT2D eigenvalue weighted by Crippen LogP contribution is 2.20. The number of aromatic nitrogens is 1. The van der Waals surface area contributed by atoms with E-state index >= 15 is 0 Å². The summed E-state index contributed by atoms with van der Waals surface area (Å²) in [6, 6.07) is 8.07. The van der Waals surface area contributed by atoms with Crippen LogP contribution in [0.4, 0.5) is 0 Å². The molecule has 0 aliphatic heterocycles. The molecule has 0 radical (unpaired) electrons. The third-order valence-electron chi connectivity index (χ3n) is 3.11. The maximum Gasteiger partial charge on any atom is 0.305 e. The molecular formula is C16H19NO3. The second-order valence-corrected chi connectivity index (χ2v) is 4.80. The standard InChI is InChI=1S/C16H19NO3/c1-12-6-5-7-13(10-12)16-17-14(11-20-16)8-3-4-9-15(18)19-2/h5-7,10-11H,3-4,8-9H2,1-2H3. The molecule has 0 amide bonds. The van der Waals surface area contributed by atoms with Gasteiger partial charge < -0.3 is 9.15 Å². The van der Waals surface area contributed by atoms with Gasteiger partial charge in [-0.05, 0) is 38.3 Å². The minimum atomic E-state index is -0.161. The van der Waals surface area contributed by atoms with Gasteiger partial charge in [0.2, 0.25) is 5.89 Å². The Hall–Kier alpha value is -2.10.